The van der Waals surface area contributed by atoms with E-state index < -0.39 is 11.4 Å². The number of nitrogens with one attached hydrogen (secondary N) is 2. The van der Waals surface area contributed by atoms with Crippen molar-refractivity contribution in [3.8, 4) is 0 Å². The summed E-state index contributed by atoms with van der Waals surface area (Å²) in [5, 5.41) is 12.6. The van der Waals surface area contributed by atoms with Crippen LogP contribution in [0.25, 0.3) is 0 Å². The molecule has 1 aliphatic rings. The number of carboxylic acid groups (broad SMARTS) is 1. The van der Waals surface area contributed by atoms with Crippen LogP contribution in [-0.2, 0) is 4.79 Å². The van der Waals surface area contributed by atoms with Crippen molar-refractivity contribution in [1.29, 1.82) is 0 Å². The molecular weight excluding hydrogens is 258 g/mol. The lowest BCUT2D eigenvalue weighted by molar-refractivity contribution is -0.150. The molecule has 0 aromatic carbocycles. The number of aromatic nitrogens is 2. The van der Waals surface area contributed by atoms with Gasteiger partial charge in [0.15, 0.2) is 0 Å². The summed E-state index contributed by atoms with van der Waals surface area (Å²) in [5.74, 6) is 0.771. The number of hydrogen-bond acceptors (Lipinski definition) is 4. The molecule has 1 heterocycles. The van der Waals surface area contributed by atoms with Crippen molar-refractivity contribution in [2.24, 2.45) is 11.3 Å². The Hall–Kier alpha value is -1.85. The summed E-state index contributed by atoms with van der Waals surface area (Å²) in [6, 6.07) is 1.36. The predicted molar refractivity (Wildman–Crippen MR) is 75.8 cm³/mol. The Morgan fingerprint density at radius 2 is 2.20 bits per heavy atom. The van der Waals surface area contributed by atoms with E-state index in [1.54, 1.807) is 6.92 Å². The standard InChI is InChI=1S/C14H21N3O3/c1-9-3-5-14(6-4-9,13(19)20)8-15-11-7-12(18)17-10(2)16-11/h7,9H,3-6,8H2,1-2H3,(H,19,20)(H2,15,16,17,18). The van der Waals surface area contributed by atoms with Gasteiger partial charge in [-0.25, -0.2) is 4.98 Å². The zero-order chi connectivity index (χ0) is 14.8. The summed E-state index contributed by atoms with van der Waals surface area (Å²) in [4.78, 5) is 29.7. The number of carbonyl (C=O) groups is 1. The van der Waals surface area contributed by atoms with Crippen LogP contribution in [0.4, 0.5) is 5.82 Å². The van der Waals surface area contributed by atoms with Gasteiger partial charge in [-0.2, -0.15) is 0 Å². The van der Waals surface area contributed by atoms with Gasteiger partial charge in [-0.15, -0.1) is 0 Å². The molecular formula is C14H21N3O3. The fraction of sp³-hybridized carbons (Fsp3) is 0.643. The molecule has 1 aromatic rings. The summed E-state index contributed by atoms with van der Waals surface area (Å²) in [6.45, 7) is 4.16. The van der Waals surface area contributed by atoms with Crippen LogP contribution in [0.1, 0.15) is 38.4 Å². The second kappa shape index (κ2) is 5.64. The largest absolute Gasteiger partial charge is 0.481 e. The van der Waals surface area contributed by atoms with Gasteiger partial charge in [0, 0.05) is 12.6 Å². The molecule has 6 heteroatoms. The van der Waals surface area contributed by atoms with Crippen molar-refractivity contribution in [2.45, 2.75) is 39.5 Å². The van der Waals surface area contributed by atoms with E-state index in [0.717, 1.165) is 12.8 Å². The van der Waals surface area contributed by atoms with Crippen molar-refractivity contribution in [2.75, 3.05) is 11.9 Å². The number of hydrogen-bond donors (Lipinski definition) is 3. The molecule has 0 unspecified atom stereocenters. The molecule has 0 spiro atoms. The molecule has 0 atom stereocenters. The van der Waals surface area contributed by atoms with Crippen LogP contribution in [0, 0.1) is 18.3 Å². The smallest absolute Gasteiger partial charge is 0.311 e. The first-order valence-electron chi connectivity index (χ1n) is 6.96. The van der Waals surface area contributed by atoms with Gasteiger partial charge in [0.1, 0.15) is 11.6 Å². The number of H-pyrrole nitrogens is 1. The number of anilines is 1. The molecule has 1 aromatic heterocycles. The molecule has 20 heavy (non-hydrogen) atoms. The third-order valence-corrected chi connectivity index (χ3v) is 4.15. The van der Waals surface area contributed by atoms with E-state index in [-0.39, 0.29) is 5.56 Å². The first kappa shape index (κ1) is 14.6. The van der Waals surface area contributed by atoms with Crippen LogP contribution < -0.4 is 10.9 Å². The lowest BCUT2D eigenvalue weighted by Gasteiger charge is -2.35. The number of nitrogens with zero attached hydrogens (tertiary/aromatic N) is 1. The van der Waals surface area contributed by atoms with Crippen LogP contribution in [0.3, 0.4) is 0 Å². The molecule has 2 rings (SSSR count). The molecule has 0 aliphatic heterocycles. The van der Waals surface area contributed by atoms with Gasteiger partial charge < -0.3 is 15.4 Å². The monoisotopic (exact) mass is 279 g/mol. The minimum Gasteiger partial charge on any atom is -0.481 e. The highest BCUT2D eigenvalue weighted by molar-refractivity contribution is 5.75. The van der Waals surface area contributed by atoms with E-state index in [2.05, 4.69) is 22.2 Å². The Bertz CT molecular complexity index is 545. The number of carboxylic acids is 1. The summed E-state index contributed by atoms with van der Waals surface area (Å²) in [7, 11) is 0. The number of rotatable bonds is 4. The van der Waals surface area contributed by atoms with Gasteiger partial charge in [-0.3, -0.25) is 9.59 Å². The fourth-order valence-electron chi connectivity index (χ4n) is 2.71. The van der Waals surface area contributed by atoms with Gasteiger partial charge in [-0.1, -0.05) is 6.92 Å². The molecule has 1 aliphatic carbocycles. The van der Waals surface area contributed by atoms with Crippen molar-refractivity contribution in [3.05, 3.63) is 22.2 Å². The molecule has 1 saturated carbocycles. The Labute approximate surface area is 117 Å². The number of aromatic amines is 1. The maximum Gasteiger partial charge on any atom is 0.311 e. The molecule has 6 nitrogen and oxygen atoms in total. The second-order valence-electron chi connectivity index (χ2n) is 5.84. The van der Waals surface area contributed by atoms with Crippen LogP contribution in [0.2, 0.25) is 0 Å². The summed E-state index contributed by atoms with van der Waals surface area (Å²) < 4.78 is 0. The maximum atomic E-state index is 11.6. The Morgan fingerprint density at radius 1 is 1.55 bits per heavy atom. The highest BCUT2D eigenvalue weighted by atomic mass is 16.4. The molecule has 110 valence electrons. The normalized spacial score (nSPS) is 26.2. The van der Waals surface area contributed by atoms with Crippen molar-refractivity contribution in [1.82, 2.24) is 9.97 Å². The van der Waals surface area contributed by atoms with E-state index in [4.69, 9.17) is 0 Å². The fourth-order valence-corrected chi connectivity index (χ4v) is 2.71. The van der Waals surface area contributed by atoms with E-state index in [9.17, 15) is 14.7 Å². The van der Waals surface area contributed by atoms with Crippen LogP contribution in [0.15, 0.2) is 10.9 Å². The average molecular weight is 279 g/mol. The van der Waals surface area contributed by atoms with Crippen LogP contribution in [0.5, 0.6) is 0 Å². The van der Waals surface area contributed by atoms with Crippen LogP contribution >= 0.6 is 0 Å². The lowest BCUT2D eigenvalue weighted by atomic mass is 9.71. The minimum atomic E-state index is -0.765. The highest BCUT2D eigenvalue weighted by Gasteiger charge is 2.41. The number of aryl methyl sites for hydroxylation is 1. The first-order chi connectivity index (χ1) is 9.41. The third kappa shape index (κ3) is 3.18. The molecule has 3 N–H and O–H groups in total. The van der Waals surface area contributed by atoms with Gasteiger partial charge in [0.05, 0.1) is 5.41 Å². The second-order valence-corrected chi connectivity index (χ2v) is 5.84. The summed E-state index contributed by atoms with van der Waals surface area (Å²) >= 11 is 0. The van der Waals surface area contributed by atoms with E-state index in [1.165, 1.54) is 6.07 Å². The zero-order valence-corrected chi connectivity index (χ0v) is 11.9. The summed E-state index contributed by atoms with van der Waals surface area (Å²) in [5.41, 5.74) is -0.980. The van der Waals surface area contributed by atoms with Crippen LogP contribution in [-0.4, -0.2) is 27.6 Å². The van der Waals surface area contributed by atoms with E-state index in [0.29, 0.717) is 36.9 Å². The highest BCUT2D eigenvalue weighted by Crippen LogP contribution is 2.39. The molecule has 0 saturated heterocycles. The average Bonchev–Trinajstić information content (AvgIpc) is 2.37. The molecule has 1 fully saturated rings. The Kier molecular flexibility index (Phi) is 4.11. The molecule has 0 radical (unpaired) electrons. The zero-order valence-electron chi connectivity index (χ0n) is 11.9. The Balaban J connectivity index is 2.10. The maximum absolute atomic E-state index is 11.6. The number of aliphatic carboxylic acids is 1. The molecule has 0 amide bonds. The molecule has 0 bridgehead atoms. The minimum absolute atomic E-state index is 0.235. The lowest BCUT2D eigenvalue weighted by Crippen LogP contribution is -2.41. The van der Waals surface area contributed by atoms with Gasteiger partial charge in [0.2, 0.25) is 0 Å². The quantitative estimate of drug-likeness (QED) is 0.780. The topological polar surface area (TPSA) is 95.1 Å². The van der Waals surface area contributed by atoms with E-state index in [1.807, 2.05) is 0 Å². The summed E-state index contributed by atoms with van der Waals surface area (Å²) in [6.07, 6.45) is 3.18. The van der Waals surface area contributed by atoms with Crippen molar-refractivity contribution in [3.63, 3.8) is 0 Å². The first-order valence-corrected chi connectivity index (χ1v) is 6.96. The van der Waals surface area contributed by atoms with E-state index >= 15 is 0 Å². The van der Waals surface area contributed by atoms with Gasteiger partial charge in [0.25, 0.3) is 5.56 Å². The SMILES string of the molecule is Cc1nc(NCC2(C(=O)O)CCC(C)CC2)cc(=O)[nH]1. The van der Waals surface area contributed by atoms with Crippen molar-refractivity contribution < 1.29 is 9.90 Å². The van der Waals surface area contributed by atoms with Gasteiger partial charge in [-0.05, 0) is 38.5 Å². The predicted octanol–water partition coefficient (Wildman–Crippen LogP) is 1.77. The Morgan fingerprint density at radius 3 is 2.75 bits per heavy atom. The van der Waals surface area contributed by atoms with Gasteiger partial charge >= 0.3 is 5.97 Å². The van der Waals surface area contributed by atoms with Crippen molar-refractivity contribution >= 4 is 11.8 Å². The third-order valence-electron chi connectivity index (χ3n) is 4.15.